The monoisotopic (exact) mass is 621 g/mol. The van der Waals surface area contributed by atoms with Crippen molar-refractivity contribution in [1.82, 2.24) is 5.32 Å². The van der Waals surface area contributed by atoms with Crippen LogP contribution in [0.2, 0.25) is 4.82 Å². The molecule has 4 rings (SSSR count). The molecule has 0 heterocycles. The van der Waals surface area contributed by atoms with Crippen LogP contribution in [0.15, 0.2) is 85.5 Å². The third kappa shape index (κ3) is 7.66. The Balaban J connectivity index is 1.45. The molecule has 0 bridgehead atoms. The molecule has 1 N–H and O–H groups in total. The number of hydrogen-bond acceptors (Lipinski definition) is 6. The van der Waals surface area contributed by atoms with Crippen molar-refractivity contribution in [3.8, 4) is 11.1 Å². The first-order valence-electron chi connectivity index (χ1n) is 13.5. The molecule has 1 amide bonds. The van der Waals surface area contributed by atoms with Gasteiger partial charge in [-0.3, -0.25) is 0 Å². The molecule has 2 atom stereocenters. The fraction of sp³-hybridized carbons (Fsp3) is 0.303. The molecule has 1 aliphatic carbocycles. The molecule has 0 fully saturated rings. The second-order valence-corrected chi connectivity index (χ2v) is 13.8. The minimum atomic E-state index is -0.948. The van der Waals surface area contributed by atoms with Crippen molar-refractivity contribution in [2.45, 2.75) is 50.1 Å². The van der Waals surface area contributed by atoms with Gasteiger partial charge in [-0.1, -0.05) is 0 Å². The van der Waals surface area contributed by atoms with Crippen molar-refractivity contribution >= 4 is 37.5 Å². The van der Waals surface area contributed by atoms with Crippen LogP contribution in [0.1, 0.15) is 55.1 Å². The van der Waals surface area contributed by atoms with Gasteiger partial charge in [0.1, 0.15) is 0 Å². The second kappa shape index (κ2) is 13.2. The number of hydrogen-bond donors (Lipinski definition) is 1. The zero-order valence-electron chi connectivity index (χ0n) is 23.7. The fourth-order valence-corrected chi connectivity index (χ4v) is 6.98. The van der Waals surface area contributed by atoms with Gasteiger partial charge in [0, 0.05) is 0 Å². The number of carbonyl (C=O) groups excluding carboxylic acids is 3. The Hall–Kier alpha value is -3.87. The van der Waals surface area contributed by atoms with Crippen LogP contribution in [0.25, 0.3) is 11.1 Å². The van der Waals surface area contributed by atoms with E-state index in [0.717, 1.165) is 26.7 Å². The number of rotatable bonds is 10. The van der Waals surface area contributed by atoms with Crippen molar-refractivity contribution in [3.05, 3.63) is 102 Å². The van der Waals surface area contributed by atoms with E-state index in [9.17, 15) is 14.4 Å². The van der Waals surface area contributed by atoms with Crippen molar-refractivity contribution in [1.29, 1.82) is 0 Å². The first-order valence-corrected chi connectivity index (χ1v) is 15.3. The van der Waals surface area contributed by atoms with Gasteiger partial charge < -0.3 is 0 Å². The maximum absolute atomic E-state index is 13.0. The van der Waals surface area contributed by atoms with Gasteiger partial charge in [-0.25, -0.2) is 0 Å². The molecule has 0 aliphatic heterocycles. The zero-order valence-corrected chi connectivity index (χ0v) is 25.4. The van der Waals surface area contributed by atoms with E-state index in [4.69, 9.17) is 14.2 Å². The van der Waals surface area contributed by atoms with Crippen LogP contribution in [0, 0.1) is 0 Å². The van der Waals surface area contributed by atoms with Gasteiger partial charge in [-0.15, -0.1) is 0 Å². The van der Waals surface area contributed by atoms with Gasteiger partial charge in [0.05, 0.1) is 0 Å². The number of amides is 1. The number of fused-ring (bicyclic) bond motifs is 3. The van der Waals surface area contributed by atoms with Crippen LogP contribution in [0.5, 0.6) is 0 Å². The molecule has 3 aromatic carbocycles. The fourth-order valence-electron chi connectivity index (χ4n) is 4.68. The van der Waals surface area contributed by atoms with Gasteiger partial charge in [0.2, 0.25) is 0 Å². The molecule has 7 nitrogen and oxygen atoms in total. The van der Waals surface area contributed by atoms with Crippen LogP contribution in [0.3, 0.4) is 0 Å². The van der Waals surface area contributed by atoms with Gasteiger partial charge in [0.15, 0.2) is 0 Å². The van der Waals surface area contributed by atoms with E-state index in [1.165, 1.54) is 6.08 Å². The molecule has 3 aromatic rings. The molecule has 1 aliphatic rings. The Morgan fingerprint density at radius 2 is 1.59 bits per heavy atom. The topological polar surface area (TPSA) is 90.9 Å². The number of carbonyl (C=O) groups is 3. The summed E-state index contributed by atoms with van der Waals surface area (Å²) in [5.41, 5.74) is 4.29. The van der Waals surface area contributed by atoms with Gasteiger partial charge in [-0.05, 0) is 0 Å². The first-order chi connectivity index (χ1) is 19.6. The normalized spacial score (nSPS) is 13.8. The predicted octanol–water partition coefficient (Wildman–Crippen LogP) is 5.42. The summed E-state index contributed by atoms with van der Waals surface area (Å²) in [4.78, 5) is 38.3. The molecule has 214 valence electrons. The molecule has 0 spiro atoms. The molecular weight excluding hydrogens is 585 g/mol. The maximum atomic E-state index is 13.0. The number of nitrogens with one attached hydrogen (secondary N) is 1. The van der Waals surface area contributed by atoms with Crippen LogP contribution >= 0.6 is 0 Å². The number of benzene rings is 3. The number of alkyl carbamates (subject to hydrolysis) is 1. The third-order valence-corrected chi connectivity index (χ3v) is 8.93. The Morgan fingerprint density at radius 3 is 2.20 bits per heavy atom. The van der Waals surface area contributed by atoms with Crippen molar-refractivity contribution in [2.24, 2.45) is 0 Å². The third-order valence-electron chi connectivity index (χ3n) is 6.47. The quantitative estimate of drug-likeness (QED) is 0.141. The molecule has 0 saturated heterocycles. The summed E-state index contributed by atoms with van der Waals surface area (Å²) in [6, 6.07) is 22.4. The summed E-state index contributed by atoms with van der Waals surface area (Å²) < 4.78 is 17.4. The minimum absolute atomic E-state index is 0.0234. The zero-order chi connectivity index (χ0) is 29.6. The summed E-state index contributed by atoms with van der Waals surface area (Å²) in [5, 5.41) is 2.74. The van der Waals surface area contributed by atoms with Crippen LogP contribution in [-0.4, -0.2) is 57.8 Å². The van der Waals surface area contributed by atoms with Crippen molar-refractivity contribution in [2.75, 3.05) is 13.2 Å². The summed E-state index contributed by atoms with van der Waals surface area (Å²) in [6.45, 7) is 11.1. The van der Waals surface area contributed by atoms with Crippen LogP contribution in [-0.2, 0) is 19.0 Å². The summed E-state index contributed by atoms with van der Waals surface area (Å²) in [5.74, 6) is -1.09. The Bertz CT molecular complexity index is 1380. The molecule has 41 heavy (non-hydrogen) atoms. The van der Waals surface area contributed by atoms with E-state index in [1.807, 2.05) is 70.2 Å². The SMILES string of the molecule is C=CCOC(=O)[C@@H](NC(=O)OCC1c2ccccc2-c2ccccc21)[C@@H](C)[Se]c1cccc(C(=O)OC(C)(C)C)c1. The van der Waals surface area contributed by atoms with E-state index in [0.29, 0.717) is 5.56 Å². The average molecular weight is 621 g/mol. The molecule has 8 heteroatoms. The van der Waals surface area contributed by atoms with E-state index in [1.54, 1.807) is 18.2 Å². The van der Waals surface area contributed by atoms with Crippen molar-refractivity contribution < 1.29 is 28.6 Å². The molecule has 0 aromatic heterocycles. The van der Waals surface area contributed by atoms with Crippen LogP contribution in [0.4, 0.5) is 4.79 Å². The predicted molar refractivity (Wildman–Crippen MR) is 160 cm³/mol. The molecule has 0 unspecified atom stereocenters. The van der Waals surface area contributed by atoms with E-state index >= 15 is 0 Å². The average Bonchev–Trinajstić information content (AvgIpc) is 3.26. The Morgan fingerprint density at radius 1 is 0.951 bits per heavy atom. The Labute approximate surface area is 247 Å². The standard InChI is InChI=1S/C33H35NO6Se/c1-6-18-38-31(36)29(21(2)41-23-13-11-12-22(19-23)30(35)40-33(3,4)5)34-32(37)39-20-28-26-16-9-7-14-24(26)25-15-8-10-17-27(25)28/h6-17,19,21,28-29H,1,18,20H2,2-5H3,(H,34,37)/t21-,29+/m1/s1. The van der Waals surface area contributed by atoms with E-state index in [2.05, 4.69) is 24.0 Å². The van der Waals surface area contributed by atoms with Crippen molar-refractivity contribution in [3.63, 3.8) is 0 Å². The van der Waals surface area contributed by atoms with Crippen LogP contribution < -0.4 is 9.78 Å². The number of esters is 2. The Kier molecular flexibility index (Phi) is 9.69. The summed E-state index contributed by atoms with van der Waals surface area (Å²) in [6.07, 6.45) is 0.778. The van der Waals surface area contributed by atoms with Gasteiger partial charge >= 0.3 is 248 Å². The number of ether oxygens (including phenoxy) is 3. The summed E-state index contributed by atoms with van der Waals surface area (Å²) in [7, 11) is 0. The molecular formula is C33H35NO6Se. The van der Waals surface area contributed by atoms with Gasteiger partial charge in [0.25, 0.3) is 0 Å². The first kappa shape index (κ1) is 30.1. The molecule has 0 saturated carbocycles. The molecule has 0 radical (unpaired) electrons. The second-order valence-electron chi connectivity index (χ2n) is 10.7. The van der Waals surface area contributed by atoms with E-state index in [-0.39, 0.29) is 38.9 Å². The van der Waals surface area contributed by atoms with E-state index < -0.39 is 29.7 Å². The van der Waals surface area contributed by atoms with Gasteiger partial charge in [-0.2, -0.15) is 0 Å². The summed E-state index contributed by atoms with van der Waals surface area (Å²) >= 11 is -0.299.